The van der Waals surface area contributed by atoms with Crippen LogP contribution in [0.2, 0.25) is 0 Å². The van der Waals surface area contributed by atoms with Gasteiger partial charge in [-0.05, 0) is 48.5 Å². The van der Waals surface area contributed by atoms with Gasteiger partial charge in [-0.25, -0.2) is 4.39 Å². The van der Waals surface area contributed by atoms with Crippen LogP contribution in [0, 0.1) is 5.82 Å². The first kappa shape index (κ1) is 14.1. The summed E-state index contributed by atoms with van der Waals surface area (Å²) in [5.74, 6) is 0.755. The van der Waals surface area contributed by atoms with Gasteiger partial charge in [-0.2, -0.15) is 0 Å². The zero-order valence-corrected chi connectivity index (χ0v) is 11.2. The highest BCUT2D eigenvalue weighted by atomic mass is 19.1. The second kappa shape index (κ2) is 6.21. The van der Waals surface area contributed by atoms with Crippen molar-refractivity contribution >= 4 is 0 Å². The summed E-state index contributed by atoms with van der Waals surface area (Å²) in [6.07, 6.45) is 1.50. The Balaban J connectivity index is 2.12. The van der Waals surface area contributed by atoms with Crippen LogP contribution in [0.3, 0.4) is 0 Å². The summed E-state index contributed by atoms with van der Waals surface area (Å²) in [5, 5.41) is 0. The summed E-state index contributed by atoms with van der Waals surface area (Å²) in [5.41, 5.74) is 13.3. The van der Waals surface area contributed by atoms with Crippen molar-refractivity contribution in [1.82, 2.24) is 0 Å². The van der Waals surface area contributed by atoms with Crippen molar-refractivity contribution < 1.29 is 9.13 Å². The summed E-state index contributed by atoms with van der Waals surface area (Å²) in [6, 6.07) is 13.1. The van der Waals surface area contributed by atoms with Crippen LogP contribution in [-0.2, 0) is 0 Å². The fourth-order valence-electron chi connectivity index (χ4n) is 1.78. The molecule has 0 aliphatic rings. The third-order valence-electron chi connectivity index (χ3n) is 3.02. The zero-order chi connectivity index (χ0) is 14.5. The summed E-state index contributed by atoms with van der Waals surface area (Å²) < 4.78 is 18.6. The van der Waals surface area contributed by atoms with E-state index in [2.05, 4.69) is 0 Å². The molecule has 2 aromatic rings. The van der Waals surface area contributed by atoms with E-state index in [1.165, 1.54) is 18.3 Å². The van der Waals surface area contributed by atoms with Gasteiger partial charge in [0.1, 0.15) is 17.3 Å². The fourth-order valence-corrected chi connectivity index (χ4v) is 1.78. The van der Waals surface area contributed by atoms with Crippen LogP contribution in [0.1, 0.15) is 18.5 Å². The van der Waals surface area contributed by atoms with Gasteiger partial charge >= 0.3 is 0 Å². The minimum Gasteiger partial charge on any atom is -0.457 e. The molecule has 20 heavy (non-hydrogen) atoms. The Hall–Kier alpha value is -2.33. The van der Waals surface area contributed by atoms with Crippen LogP contribution >= 0.6 is 0 Å². The van der Waals surface area contributed by atoms with E-state index in [1.54, 1.807) is 24.3 Å². The Morgan fingerprint density at radius 1 is 1.15 bits per heavy atom. The first-order chi connectivity index (χ1) is 9.60. The molecule has 104 valence electrons. The molecule has 2 rings (SSSR count). The van der Waals surface area contributed by atoms with Crippen LogP contribution in [0.5, 0.6) is 11.5 Å². The highest BCUT2D eigenvalue weighted by Gasteiger charge is 2.08. The molecule has 2 aromatic carbocycles. The van der Waals surface area contributed by atoms with Gasteiger partial charge in [0.15, 0.2) is 0 Å². The molecule has 0 fully saturated rings. The molecular weight excluding hydrogens is 255 g/mol. The number of nitrogens with two attached hydrogens (primary N) is 2. The van der Waals surface area contributed by atoms with Gasteiger partial charge in [0.2, 0.25) is 0 Å². The lowest BCUT2D eigenvalue weighted by Crippen LogP contribution is -2.12. The van der Waals surface area contributed by atoms with E-state index in [-0.39, 0.29) is 11.9 Å². The maximum Gasteiger partial charge on any atom is 0.130 e. The first-order valence-electron chi connectivity index (χ1n) is 6.27. The molecular formula is C16H17FN2O. The van der Waals surface area contributed by atoms with Gasteiger partial charge in [0.05, 0.1) is 6.04 Å². The van der Waals surface area contributed by atoms with Crippen LogP contribution in [-0.4, -0.2) is 0 Å². The second-order valence-electron chi connectivity index (χ2n) is 4.52. The molecule has 0 bridgehead atoms. The van der Waals surface area contributed by atoms with Gasteiger partial charge in [-0.15, -0.1) is 0 Å². The van der Waals surface area contributed by atoms with E-state index in [1.807, 2.05) is 19.1 Å². The predicted octanol–water partition coefficient (Wildman–Crippen LogP) is 3.48. The highest BCUT2D eigenvalue weighted by Crippen LogP contribution is 2.25. The van der Waals surface area contributed by atoms with Crippen molar-refractivity contribution in [2.45, 2.75) is 13.0 Å². The SMILES string of the molecule is C/C(=C\N)C(N)c1ccc(Oc2cccc(F)c2)cc1. The summed E-state index contributed by atoms with van der Waals surface area (Å²) in [6.45, 7) is 1.88. The quantitative estimate of drug-likeness (QED) is 0.895. The largest absolute Gasteiger partial charge is 0.457 e. The van der Waals surface area contributed by atoms with Crippen molar-refractivity contribution in [2.24, 2.45) is 11.5 Å². The Kier molecular flexibility index (Phi) is 4.38. The second-order valence-corrected chi connectivity index (χ2v) is 4.52. The lowest BCUT2D eigenvalue weighted by Gasteiger charge is -2.13. The van der Waals surface area contributed by atoms with E-state index in [9.17, 15) is 4.39 Å². The van der Waals surface area contributed by atoms with E-state index in [4.69, 9.17) is 16.2 Å². The third-order valence-corrected chi connectivity index (χ3v) is 3.02. The van der Waals surface area contributed by atoms with Crippen molar-refractivity contribution in [1.29, 1.82) is 0 Å². The molecule has 4 heteroatoms. The third kappa shape index (κ3) is 3.36. The average Bonchev–Trinajstić information content (AvgIpc) is 2.46. The Morgan fingerprint density at radius 2 is 1.85 bits per heavy atom. The molecule has 0 radical (unpaired) electrons. The number of halogens is 1. The predicted molar refractivity (Wildman–Crippen MR) is 77.8 cm³/mol. The topological polar surface area (TPSA) is 61.3 Å². The lowest BCUT2D eigenvalue weighted by molar-refractivity contribution is 0.476. The van der Waals surface area contributed by atoms with Crippen LogP contribution in [0.15, 0.2) is 60.3 Å². The van der Waals surface area contributed by atoms with Crippen molar-refractivity contribution in [3.63, 3.8) is 0 Å². The molecule has 4 N–H and O–H groups in total. The van der Waals surface area contributed by atoms with E-state index in [0.29, 0.717) is 11.5 Å². The van der Waals surface area contributed by atoms with Crippen LogP contribution < -0.4 is 16.2 Å². The zero-order valence-electron chi connectivity index (χ0n) is 11.2. The molecule has 0 saturated carbocycles. The number of rotatable bonds is 4. The van der Waals surface area contributed by atoms with E-state index < -0.39 is 0 Å². The smallest absolute Gasteiger partial charge is 0.130 e. The normalized spacial score (nSPS) is 13.1. The molecule has 0 amide bonds. The molecule has 0 saturated heterocycles. The fraction of sp³-hybridized carbons (Fsp3) is 0.125. The van der Waals surface area contributed by atoms with Gasteiger partial charge in [-0.1, -0.05) is 18.2 Å². The molecule has 0 aliphatic heterocycles. The maximum absolute atomic E-state index is 13.1. The molecule has 3 nitrogen and oxygen atoms in total. The van der Waals surface area contributed by atoms with E-state index >= 15 is 0 Å². The van der Waals surface area contributed by atoms with E-state index in [0.717, 1.165) is 11.1 Å². The summed E-state index contributed by atoms with van der Waals surface area (Å²) >= 11 is 0. The van der Waals surface area contributed by atoms with Gasteiger partial charge in [0.25, 0.3) is 0 Å². The molecule has 0 aromatic heterocycles. The molecule has 0 spiro atoms. The molecule has 0 heterocycles. The Labute approximate surface area is 117 Å². The van der Waals surface area contributed by atoms with Crippen molar-refractivity contribution in [2.75, 3.05) is 0 Å². The van der Waals surface area contributed by atoms with Crippen molar-refractivity contribution in [3.05, 3.63) is 71.7 Å². The van der Waals surface area contributed by atoms with Gasteiger partial charge < -0.3 is 16.2 Å². The first-order valence-corrected chi connectivity index (χ1v) is 6.27. The minimum absolute atomic E-state index is 0.233. The summed E-state index contributed by atoms with van der Waals surface area (Å²) in [7, 11) is 0. The number of hydrogen-bond acceptors (Lipinski definition) is 3. The standard InChI is InChI=1S/C16H17FN2O/c1-11(10-18)16(19)12-5-7-14(8-6-12)20-15-4-2-3-13(17)9-15/h2-10,16H,18-19H2,1H3/b11-10+. The highest BCUT2D eigenvalue weighted by molar-refractivity contribution is 5.36. The molecule has 1 unspecified atom stereocenters. The summed E-state index contributed by atoms with van der Waals surface area (Å²) in [4.78, 5) is 0. The van der Waals surface area contributed by atoms with Crippen LogP contribution in [0.4, 0.5) is 4.39 Å². The lowest BCUT2D eigenvalue weighted by atomic mass is 10.0. The van der Waals surface area contributed by atoms with Gasteiger partial charge in [0, 0.05) is 6.07 Å². The number of hydrogen-bond donors (Lipinski definition) is 2. The molecule has 0 aliphatic carbocycles. The Bertz CT molecular complexity index is 608. The number of ether oxygens (including phenoxy) is 1. The number of benzene rings is 2. The van der Waals surface area contributed by atoms with Crippen LogP contribution in [0.25, 0.3) is 0 Å². The average molecular weight is 272 g/mol. The molecule has 1 atom stereocenters. The Morgan fingerprint density at radius 3 is 2.45 bits per heavy atom. The van der Waals surface area contributed by atoms with Crippen molar-refractivity contribution in [3.8, 4) is 11.5 Å². The monoisotopic (exact) mass is 272 g/mol. The van der Waals surface area contributed by atoms with Gasteiger partial charge in [-0.3, -0.25) is 0 Å². The minimum atomic E-state index is -0.329. The maximum atomic E-state index is 13.1.